The molecule has 1 aromatic heterocycles. The van der Waals surface area contributed by atoms with Gasteiger partial charge in [-0.15, -0.1) is 0 Å². The fourth-order valence-corrected chi connectivity index (χ4v) is 4.01. The molecule has 1 fully saturated rings. The number of benzene rings is 1. The van der Waals surface area contributed by atoms with Crippen LogP contribution in [0, 0.1) is 6.92 Å². The number of fused-ring (bicyclic) bond motifs is 1. The van der Waals surface area contributed by atoms with E-state index in [9.17, 15) is 9.59 Å². The van der Waals surface area contributed by atoms with Gasteiger partial charge in [0.05, 0.1) is 5.56 Å². The lowest BCUT2D eigenvalue weighted by Gasteiger charge is -2.33. The molecule has 4 nitrogen and oxygen atoms in total. The standard InChI is InChI=1S/C20H26N2O2/c1-4-22(15-10-6-5-7-11-15)20(24)19(23)18-14(2)21(3)17-13-9-8-12-16(17)18/h8-9,12-13,15H,4-7,10-11H2,1-3H3. The molecule has 0 radical (unpaired) electrons. The van der Waals surface area contributed by atoms with E-state index in [0.717, 1.165) is 42.3 Å². The molecule has 2 aromatic rings. The van der Waals surface area contributed by atoms with Crippen LogP contribution in [0.3, 0.4) is 0 Å². The Bertz CT molecular complexity index is 769. The third kappa shape index (κ3) is 2.74. The van der Waals surface area contributed by atoms with E-state index in [2.05, 4.69) is 0 Å². The van der Waals surface area contributed by atoms with E-state index in [1.54, 1.807) is 4.90 Å². The highest BCUT2D eigenvalue weighted by atomic mass is 16.2. The zero-order valence-electron chi connectivity index (χ0n) is 14.8. The summed E-state index contributed by atoms with van der Waals surface area (Å²) in [5, 5.41) is 0.871. The largest absolute Gasteiger partial charge is 0.347 e. The van der Waals surface area contributed by atoms with Crippen molar-refractivity contribution in [2.45, 2.75) is 52.0 Å². The molecule has 0 N–H and O–H groups in total. The molecule has 0 unspecified atom stereocenters. The Morgan fingerprint density at radius 2 is 1.83 bits per heavy atom. The molecule has 1 amide bonds. The van der Waals surface area contributed by atoms with Crippen LogP contribution in [-0.2, 0) is 11.8 Å². The van der Waals surface area contributed by atoms with E-state index in [1.807, 2.05) is 49.7 Å². The predicted molar refractivity (Wildman–Crippen MR) is 96.2 cm³/mol. The minimum Gasteiger partial charge on any atom is -0.347 e. The number of aromatic nitrogens is 1. The van der Waals surface area contributed by atoms with Gasteiger partial charge >= 0.3 is 0 Å². The van der Waals surface area contributed by atoms with Crippen molar-refractivity contribution in [2.24, 2.45) is 7.05 Å². The number of ketones is 1. The highest BCUT2D eigenvalue weighted by molar-refractivity contribution is 6.45. The molecular weight excluding hydrogens is 300 g/mol. The van der Waals surface area contributed by atoms with Crippen LogP contribution in [-0.4, -0.2) is 33.7 Å². The van der Waals surface area contributed by atoms with Gasteiger partial charge in [-0.1, -0.05) is 37.5 Å². The second kappa shape index (κ2) is 6.80. The molecule has 0 spiro atoms. The number of rotatable bonds is 4. The monoisotopic (exact) mass is 326 g/mol. The van der Waals surface area contributed by atoms with Crippen molar-refractivity contribution in [3.05, 3.63) is 35.5 Å². The Balaban J connectivity index is 1.96. The average molecular weight is 326 g/mol. The van der Waals surface area contributed by atoms with Gasteiger partial charge < -0.3 is 9.47 Å². The van der Waals surface area contributed by atoms with Gasteiger partial charge in [0.2, 0.25) is 0 Å². The van der Waals surface area contributed by atoms with E-state index in [1.165, 1.54) is 6.42 Å². The molecule has 24 heavy (non-hydrogen) atoms. The number of para-hydroxylation sites is 1. The molecule has 3 rings (SSSR count). The summed E-state index contributed by atoms with van der Waals surface area (Å²) in [6.45, 7) is 4.48. The number of carbonyl (C=O) groups is 2. The topological polar surface area (TPSA) is 42.3 Å². The molecule has 1 aromatic carbocycles. The molecule has 0 saturated heterocycles. The molecule has 4 heteroatoms. The van der Waals surface area contributed by atoms with Crippen molar-refractivity contribution in [3.8, 4) is 0 Å². The Kier molecular flexibility index (Phi) is 4.74. The molecule has 0 atom stereocenters. The van der Waals surface area contributed by atoms with Crippen LogP contribution in [0.4, 0.5) is 0 Å². The summed E-state index contributed by atoms with van der Waals surface area (Å²) in [5.41, 5.74) is 2.41. The summed E-state index contributed by atoms with van der Waals surface area (Å²) < 4.78 is 1.99. The number of likely N-dealkylation sites (N-methyl/N-ethyl adjacent to an activating group) is 1. The summed E-state index contributed by atoms with van der Waals surface area (Å²) in [6, 6.07) is 8.01. The second-order valence-electron chi connectivity index (χ2n) is 6.75. The minimum absolute atomic E-state index is 0.218. The first-order chi connectivity index (χ1) is 11.6. The zero-order chi connectivity index (χ0) is 17.3. The Morgan fingerprint density at radius 1 is 1.17 bits per heavy atom. The number of carbonyl (C=O) groups excluding carboxylic acids is 2. The van der Waals surface area contributed by atoms with Crippen LogP contribution in [0.5, 0.6) is 0 Å². The lowest BCUT2D eigenvalue weighted by atomic mass is 9.93. The number of aryl methyl sites for hydroxylation is 1. The van der Waals surface area contributed by atoms with Crippen LogP contribution < -0.4 is 0 Å². The van der Waals surface area contributed by atoms with Gasteiger partial charge in [0.25, 0.3) is 11.7 Å². The van der Waals surface area contributed by atoms with Crippen LogP contribution in [0.15, 0.2) is 24.3 Å². The smallest absolute Gasteiger partial charge is 0.295 e. The van der Waals surface area contributed by atoms with Crippen molar-refractivity contribution in [1.29, 1.82) is 0 Å². The summed E-state index contributed by atoms with van der Waals surface area (Å²) in [6.07, 6.45) is 5.56. The van der Waals surface area contributed by atoms with Gasteiger partial charge in [0.15, 0.2) is 0 Å². The Hall–Kier alpha value is -2.10. The first kappa shape index (κ1) is 16.7. The quantitative estimate of drug-likeness (QED) is 0.632. The van der Waals surface area contributed by atoms with Gasteiger partial charge in [0, 0.05) is 36.2 Å². The predicted octanol–water partition coefficient (Wildman–Crippen LogP) is 3.85. The SMILES string of the molecule is CCN(C(=O)C(=O)c1c(C)n(C)c2ccccc12)C1CCCCC1. The van der Waals surface area contributed by atoms with Crippen molar-refractivity contribution in [3.63, 3.8) is 0 Å². The zero-order valence-corrected chi connectivity index (χ0v) is 14.8. The van der Waals surface area contributed by atoms with Crippen LogP contribution in [0.1, 0.15) is 55.1 Å². The molecular formula is C20H26N2O2. The molecule has 1 heterocycles. The number of amides is 1. The highest BCUT2D eigenvalue weighted by Crippen LogP contribution is 2.27. The summed E-state index contributed by atoms with van der Waals surface area (Å²) in [4.78, 5) is 27.8. The molecule has 0 aliphatic heterocycles. The second-order valence-corrected chi connectivity index (χ2v) is 6.75. The molecule has 1 aliphatic carbocycles. The number of nitrogens with zero attached hydrogens (tertiary/aromatic N) is 2. The van der Waals surface area contributed by atoms with Crippen molar-refractivity contribution < 1.29 is 9.59 Å². The van der Waals surface area contributed by atoms with Gasteiger partial charge in [-0.2, -0.15) is 0 Å². The van der Waals surface area contributed by atoms with E-state index in [4.69, 9.17) is 0 Å². The normalized spacial score (nSPS) is 15.6. The third-order valence-electron chi connectivity index (χ3n) is 5.44. The van der Waals surface area contributed by atoms with Crippen LogP contribution in [0.25, 0.3) is 10.9 Å². The maximum absolute atomic E-state index is 13.0. The van der Waals surface area contributed by atoms with Crippen molar-refractivity contribution in [2.75, 3.05) is 6.54 Å². The van der Waals surface area contributed by atoms with Gasteiger partial charge in [-0.25, -0.2) is 0 Å². The molecule has 128 valence electrons. The number of Topliss-reactive ketones (excluding diaryl/α,β-unsaturated/α-hetero) is 1. The fraction of sp³-hybridized carbons (Fsp3) is 0.500. The van der Waals surface area contributed by atoms with Crippen molar-refractivity contribution >= 4 is 22.6 Å². The Morgan fingerprint density at radius 3 is 2.50 bits per heavy atom. The summed E-state index contributed by atoms with van der Waals surface area (Å²) >= 11 is 0. The average Bonchev–Trinajstić information content (AvgIpc) is 2.87. The lowest BCUT2D eigenvalue weighted by Crippen LogP contribution is -2.44. The first-order valence-electron chi connectivity index (χ1n) is 8.95. The number of hydrogen-bond donors (Lipinski definition) is 0. The maximum Gasteiger partial charge on any atom is 0.295 e. The van der Waals surface area contributed by atoms with E-state index in [0.29, 0.717) is 12.1 Å². The maximum atomic E-state index is 13.0. The minimum atomic E-state index is -0.364. The van der Waals surface area contributed by atoms with Crippen LogP contribution >= 0.6 is 0 Å². The highest BCUT2D eigenvalue weighted by Gasteiger charge is 2.31. The molecule has 1 aliphatic rings. The Labute approximate surface area is 143 Å². The molecule has 0 bridgehead atoms. The molecule has 1 saturated carbocycles. The summed E-state index contributed by atoms with van der Waals surface area (Å²) in [7, 11) is 1.94. The number of hydrogen-bond acceptors (Lipinski definition) is 2. The van der Waals surface area contributed by atoms with E-state index < -0.39 is 0 Å². The van der Waals surface area contributed by atoms with Crippen LogP contribution in [0.2, 0.25) is 0 Å². The third-order valence-corrected chi connectivity index (χ3v) is 5.44. The fourth-order valence-electron chi connectivity index (χ4n) is 4.01. The van der Waals surface area contributed by atoms with Gasteiger partial charge in [-0.05, 0) is 32.8 Å². The van der Waals surface area contributed by atoms with Gasteiger partial charge in [0.1, 0.15) is 0 Å². The lowest BCUT2D eigenvalue weighted by molar-refractivity contribution is -0.129. The van der Waals surface area contributed by atoms with E-state index >= 15 is 0 Å². The van der Waals surface area contributed by atoms with E-state index in [-0.39, 0.29) is 17.7 Å². The first-order valence-corrected chi connectivity index (χ1v) is 8.95. The van der Waals surface area contributed by atoms with Gasteiger partial charge in [-0.3, -0.25) is 9.59 Å². The summed E-state index contributed by atoms with van der Waals surface area (Å²) in [5.74, 6) is -0.708. The van der Waals surface area contributed by atoms with Crippen molar-refractivity contribution in [1.82, 2.24) is 9.47 Å².